The largest absolute Gasteiger partial charge is 0.478 e. The van der Waals surface area contributed by atoms with Gasteiger partial charge in [-0.15, -0.1) is 11.3 Å². The number of hydrogen-bond acceptors (Lipinski definition) is 4. The lowest BCUT2D eigenvalue weighted by Gasteiger charge is -1.78. The minimum Gasteiger partial charge on any atom is -0.478 e. The first-order valence-electron chi connectivity index (χ1n) is 3.14. The van der Waals surface area contributed by atoms with Crippen molar-refractivity contribution >= 4 is 28.5 Å². The molecule has 0 saturated heterocycles. The van der Waals surface area contributed by atoms with E-state index in [2.05, 4.69) is 15.0 Å². The Morgan fingerprint density at radius 2 is 2.62 bits per heavy atom. The van der Waals surface area contributed by atoms with E-state index in [1.807, 2.05) is 0 Å². The molecule has 0 spiro atoms. The molecule has 0 fully saturated rings. The number of hydrogen-bond donors (Lipinski definition) is 1. The predicted octanol–water partition coefficient (Wildman–Crippen LogP) is 2.18. The summed E-state index contributed by atoms with van der Waals surface area (Å²) in [5, 5.41) is 11.8. The summed E-state index contributed by atoms with van der Waals surface area (Å²) in [4.78, 5) is 17.0. The van der Waals surface area contributed by atoms with Gasteiger partial charge in [0.05, 0.1) is 0 Å². The van der Waals surface area contributed by atoms with Crippen LogP contribution in [0.3, 0.4) is 0 Å². The fourth-order valence-electron chi connectivity index (χ4n) is 0.592. The number of thiazole rings is 1. The summed E-state index contributed by atoms with van der Waals surface area (Å²) in [6.07, 6.45) is 3.82. The highest BCUT2D eigenvalue weighted by Crippen LogP contribution is 2.21. The van der Waals surface area contributed by atoms with Crippen molar-refractivity contribution in [3.63, 3.8) is 0 Å². The first kappa shape index (κ1) is 9.24. The van der Waals surface area contributed by atoms with Crippen molar-refractivity contribution < 1.29 is 9.90 Å². The van der Waals surface area contributed by atoms with Crippen molar-refractivity contribution in [3.8, 4) is 0 Å². The number of nitrogens with zero attached hydrogens (tertiary/aromatic N) is 4. The Hall–Kier alpha value is -1.85. The van der Waals surface area contributed by atoms with Crippen molar-refractivity contribution in [2.45, 2.75) is 0 Å². The predicted molar refractivity (Wildman–Crippen MR) is 47.6 cm³/mol. The molecule has 0 unspecified atom stereocenters. The number of carboxylic acids is 1. The Morgan fingerprint density at radius 3 is 3.23 bits per heavy atom. The Morgan fingerprint density at radius 1 is 1.85 bits per heavy atom. The smallest absolute Gasteiger partial charge is 0.328 e. The van der Waals surface area contributed by atoms with Crippen molar-refractivity contribution in [2.24, 2.45) is 5.11 Å². The van der Waals surface area contributed by atoms with Crippen LogP contribution in [0.25, 0.3) is 16.5 Å². The molecule has 6 nitrogen and oxygen atoms in total. The van der Waals surface area contributed by atoms with E-state index in [1.54, 1.807) is 0 Å². The number of aliphatic carboxylic acids is 1. The highest BCUT2D eigenvalue weighted by molar-refractivity contribution is 7.16. The highest BCUT2D eigenvalue weighted by Gasteiger charge is 1.96. The average Bonchev–Trinajstić information content (AvgIpc) is 2.50. The maximum atomic E-state index is 10.1. The van der Waals surface area contributed by atoms with Crippen LogP contribution >= 0.6 is 11.3 Å². The van der Waals surface area contributed by atoms with Gasteiger partial charge in [0, 0.05) is 22.1 Å². The normalized spacial score (nSPS) is 9.85. The summed E-state index contributed by atoms with van der Waals surface area (Å²) in [5.74, 6) is -1.03. The molecule has 0 radical (unpaired) electrons. The number of rotatable bonds is 3. The topological polar surface area (TPSA) is 99.0 Å². The summed E-state index contributed by atoms with van der Waals surface area (Å²) in [6.45, 7) is 0. The van der Waals surface area contributed by atoms with Gasteiger partial charge in [0.15, 0.2) is 5.13 Å². The van der Waals surface area contributed by atoms with Crippen LogP contribution in [0.15, 0.2) is 17.4 Å². The number of azide groups is 1. The minimum absolute atomic E-state index is 0.271. The van der Waals surface area contributed by atoms with Gasteiger partial charge in [-0.25, -0.2) is 9.78 Å². The lowest BCUT2D eigenvalue weighted by Crippen LogP contribution is -1.84. The summed E-state index contributed by atoms with van der Waals surface area (Å²) in [7, 11) is 0. The molecular weight excluding hydrogens is 192 g/mol. The molecule has 0 aliphatic heterocycles. The van der Waals surface area contributed by atoms with E-state index in [1.165, 1.54) is 12.3 Å². The monoisotopic (exact) mass is 196 g/mol. The zero-order valence-electron chi connectivity index (χ0n) is 6.28. The Bertz CT molecular complexity index is 391. The van der Waals surface area contributed by atoms with Crippen LogP contribution in [0.2, 0.25) is 0 Å². The third-order valence-electron chi connectivity index (χ3n) is 1.03. The van der Waals surface area contributed by atoms with Gasteiger partial charge in [-0.2, -0.15) is 0 Å². The van der Waals surface area contributed by atoms with E-state index in [4.69, 9.17) is 10.6 Å². The first-order valence-corrected chi connectivity index (χ1v) is 3.96. The van der Waals surface area contributed by atoms with Gasteiger partial charge in [0.2, 0.25) is 0 Å². The second-order valence-corrected chi connectivity index (χ2v) is 2.95. The molecule has 0 aromatic carbocycles. The molecule has 1 N–H and O–H groups in total. The highest BCUT2D eigenvalue weighted by atomic mass is 32.1. The van der Waals surface area contributed by atoms with E-state index in [0.29, 0.717) is 4.88 Å². The third kappa shape index (κ3) is 2.94. The summed E-state index contributed by atoms with van der Waals surface area (Å²) >= 11 is 1.12. The molecule has 7 heteroatoms. The molecule has 1 heterocycles. The van der Waals surface area contributed by atoms with Gasteiger partial charge in [-0.3, -0.25) is 0 Å². The maximum absolute atomic E-state index is 10.1. The average molecular weight is 196 g/mol. The standard InChI is InChI=1S/C6H4N4O2S/c7-10-9-6-8-3-4(13-6)1-2-5(11)12/h1-3H,(H,11,12). The Kier molecular flexibility index (Phi) is 3.02. The minimum atomic E-state index is -1.03. The molecule has 0 amide bonds. The van der Waals surface area contributed by atoms with E-state index in [-0.39, 0.29) is 5.13 Å². The molecule has 0 aliphatic rings. The number of aromatic nitrogens is 1. The van der Waals surface area contributed by atoms with Crippen molar-refractivity contribution in [2.75, 3.05) is 0 Å². The molecule has 13 heavy (non-hydrogen) atoms. The molecule has 66 valence electrons. The molecule has 0 atom stereocenters. The van der Waals surface area contributed by atoms with E-state index in [0.717, 1.165) is 17.4 Å². The fourth-order valence-corrected chi connectivity index (χ4v) is 1.23. The maximum Gasteiger partial charge on any atom is 0.328 e. The second kappa shape index (κ2) is 4.24. The van der Waals surface area contributed by atoms with Crippen LogP contribution in [0.4, 0.5) is 5.13 Å². The molecule has 1 rings (SSSR count). The van der Waals surface area contributed by atoms with Crippen LogP contribution in [0.5, 0.6) is 0 Å². The SMILES string of the molecule is [N-]=[N+]=Nc1ncc(C=CC(=O)O)s1. The fraction of sp³-hybridized carbons (Fsp3) is 0. The summed E-state index contributed by atoms with van der Waals surface area (Å²) < 4.78 is 0. The molecule has 0 aliphatic carbocycles. The van der Waals surface area contributed by atoms with Crippen molar-refractivity contribution in [1.82, 2.24) is 4.98 Å². The van der Waals surface area contributed by atoms with Crippen LogP contribution in [0.1, 0.15) is 4.88 Å². The second-order valence-electron chi connectivity index (χ2n) is 1.91. The van der Waals surface area contributed by atoms with E-state index >= 15 is 0 Å². The number of carbonyl (C=O) groups is 1. The zero-order valence-corrected chi connectivity index (χ0v) is 7.10. The molecule has 0 saturated carbocycles. The Balaban J connectivity index is 2.80. The first-order chi connectivity index (χ1) is 6.22. The summed E-state index contributed by atoms with van der Waals surface area (Å²) in [5.41, 5.74) is 8.06. The van der Waals surface area contributed by atoms with Gasteiger partial charge in [-0.05, 0) is 16.7 Å². The molecule has 0 bridgehead atoms. The van der Waals surface area contributed by atoms with Crippen LogP contribution < -0.4 is 0 Å². The quantitative estimate of drug-likeness (QED) is 0.347. The van der Waals surface area contributed by atoms with Gasteiger partial charge >= 0.3 is 5.97 Å². The van der Waals surface area contributed by atoms with Gasteiger partial charge in [0.25, 0.3) is 0 Å². The molecule has 1 aromatic heterocycles. The lowest BCUT2D eigenvalue weighted by molar-refractivity contribution is -0.131. The van der Waals surface area contributed by atoms with Gasteiger partial charge < -0.3 is 5.11 Å². The molecule has 1 aromatic rings. The van der Waals surface area contributed by atoms with Crippen LogP contribution in [-0.2, 0) is 4.79 Å². The van der Waals surface area contributed by atoms with Crippen molar-refractivity contribution in [3.05, 3.63) is 27.6 Å². The van der Waals surface area contributed by atoms with Crippen LogP contribution in [0, 0.1) is 0 Å². The zero-order chi connectivity index (χ0) is 9.68. The van der Waals surface area contributed by atoms with Crippen LogP contribution in [-0.4, -0.2) is 16.1 Å². The third-order valence-corrected chi connectivity index (χ3v) is 1.88. The van der Waals surface area contributed by atoms with Gasteiger partial charge in [-0.1, -0.05) is 0 Å². The van der Waals surface area contributed by atoms with Crippen molar-refractivity contribution in [1.29, 1.82) is 0 Å². The summed E-state index contributed by atoms with van der Waals surface area (Å²) in [6, 6.07) is 0. The lowest BCUT2D eigenvalue weighted by atomic mass is 10.4. The Labute approximate surface area is 76.8 Å². The van der Waals surface area contributed by atoms with Gasteiger partial charge in [0.1, 0.15) is 0 Å². The van der Waals surface area contributed by atoms with E-state index in [9.17, 15) is 4.79 Å². The van der Waals surface area contributed by atoms with E-state index < -0.39 is 5.97 Å². The number of carboxylic acid groups (broad SMARTS) is 1. The molecular formula is C6H4N4O2S.